The molecule has 0 radical (unpaired) electrons. The van der Waals surface area contributed by atoms with Gasteiger partial charge in [0.2, 0.25) is 0 Å². The molecule has 1 aromatic carbocycles. The predicted molar refractivity (Wildman–Crippen MR) is 75.7 cm³/mol. The summed E-state index contributed by atoms with van der Waals surface area (Å²) in [7, 11) is 1.33. The highest BCUT2D eigenvalue weighted by atomic mass is 19.4. The van der Waals surface area contributed by atoms with Gasteiger partial charge in [0.15, 0.2) is 0 Å². The lowest BCUT2D eigenvalue weighted by Crippen LogP contribution is -2.54. The van der Waals surface area contributed by atoms with Gasteiger partial charge in [0.1, 0.15) is 5.75 Å². The summed E-state index contributed by atoms with van der Waals surface area (Å²) < 4.78 is 44.2. The van der Waals surface area contributed by atoms with Crippen molar-refractivity contribution in [3.8, 4) is 5.75 Å². The first kappa shape index (κ1) is 15.6. The number of piperidine rings is 2. The zero-order chi connectivity index (χ0) is 16.0. The minimum Gasteiger partial charge on any atom is -0.497 e. The Labute approximate surface area is 127 Å². The molecule has 0 aliphatic carbocycles. The highest BCUT2D eigenvalue weighted by Gasteiger charge is 2.43. The summed E-state index contributed by atoms with van der Waals surface area (Å²) in [5.41, 5.74) is -1.70. The van der Waals surface area contributed by atoms with Crippen molar-refractivity contribution in [2.75, 3.05) is 7.11 Å². The standard InChI is InChI=1S/C16H20F3NO2/c1-22-14-6-10(5-11(7-14)16(17,18)19)15(21)8-12-3-2-4-13(9-15)20-12/h5-7,12-13,20-21H,2-4,8-9H2,1H3. The molecular weight excluding hydrogens is 295 g/mol. The van der Waals surface area contributed by atoms with Crippen LogP contribution in [0.4, 0.5) is 13.2 Å². The molecule has 2 aliphatic rings. The van der Waals surface area contributed by atoms with E-state index in [2.05, 4.69) is 5.32 Å². The molecule has 2 unspecified atom stereocenters. The highest BCUT2D eigenvalue weighted by molar-refractivity contribution is 5.39. The first-order chi connectivity index (χ1) is 10.3. The van der Waals surface area contributed by atoms with Crippen molar-refractivity contribution >= 4 is 0 Å². The number of rotatable bonds is 2. The van der Waals surface area contributed by atoms with Gasteiger partial charge in [-0.1, -0.05) is 6.42 Å². The Kier molecular flexibility index (Phi) is 3.85. The number of hydrogen-bond donors (Lipinski definition) is 2. The smallest absolute Gasteiger partial charge is 0.416 e. The summed E-state index contributed by atoms with van der Waals surface area (Å²) in [6.07, 6.45) is -0.571. The van der Waals surface area contributed by atoms with Crippen LogP contribution in [0.2, 0.25) is 0 Å². The molecular formula is C16H20F3NO2. The maximum atomic E-state index is 13.1. The number of methoxy groups -OCH3 is 1. The number of aliphatic hydroxyl groups is 1. The monoisotopic (exact) mass is 315 g/mol. The summed E-state index contributed by atoms with van der Waals surface area (Å²) in [4.78, 5) is 0. The van der Waals surface area contributed by atoms with Crippen LogP contribution < -0.4 is 10.1 Å². The molecule has 2 atom stereocenters. The number of ether oxygens (including phenoxy) is 1. The number of alkyl halides is 3. The van der Waals surface area contributed by atoms with E-state index in [1.165, 1.54) is 13.2 Å². The van der Waals surface area contributed by atoms with E-state index in [9.17, 15) is 18.3 Å². The molecule has 2 N–H and O–H groups in total. The third-order valence-corrected chi connectivity index (χ3v) is 4.75. The normalized spacial score (nSPS) is 31.9. The molecule has 1 aromatic rings. The third kappa shape index (κ3) is 2.94. The maximum absolute atomic E-state index is 13.1. The molecule has 0 spiro atoms. The van der Waals surface area contributed by atoms with E-state index in [-0.39, 0.29) is 17.8 Å². The van der Waals surface area contributed by atoms with Crippen LogP contribution in [-0.2, 0) is 11.8 Å². The van der Waals surface area contributed by atoms with Crippen molar-refractivity contribution < 1.29 is 23.0 Å². The number of benzene rings is 1. The molecule has 3 rings (SSSR count). The van der Waals surface area contributed by atoms with E-state index >= 15 is 0 Å². The van der Waals surface area contributed by atoms with Gasteiger partial charge in [0.05, 0.1) is 18.3 Å². The fourth-order valence-electron chi connectivity index (χ4n) is 3.72. The summed E-state index contributed by atoms with van der Waals surface area (Å²) in [5.74, 6) is 0.127. The van der Waals surface area contributed by atoms with Crippen LogP contribution in [-0.4, -0.2) is 24.3 Å². The van der Waals surface area contributed by atoms with Crippen LogP contribution in [0.15, 0.2) is 18.2 Å². The van der Waals surface area contributed by atoms with Gasteiger partial charge in [-0.05, 0) is 49.4 Å². The van der Waals surface area contributed by atoms with Crippen molar-refractivity contribution in [1.29, 1.82) is 0 Å². The van der Waals surface area contributed by atoms with Crippen molar-refractivity contribution in [2.45, 2.75) is 56.0 Å². The summed E-state index contributed by atoms with van der Waals surface area (Å²) in [6, 6.07) is 3.88. The molecule has 2 fully saturated rings. The molecule has 2 aliphatic heterocycles. The average molecular weight is 315 g/mol. The van der Waals surface area contributed by atoms with Gasteiger partial charge in [-0.3, -0.25) is 0 Å². The second kappa shape index (κ2) is 5.42. The van der Waals surface area contributed by atoms with Crippen LogP contribution in [0.25, 0.3) is 0 Å². The maximum Gasteiger partial charge on any atom is 0.416 e. The summed E-state index contributed by atoms with van der Waals surface area (Å²) >= 11 is 0. The van der Waals surface area contributed by atoms with Crippen molar-refractivity contribution in [3.05, 3.63) is 29.3 Å². The van der Waals surface area contributed by atoms with Crippen LogP contribution in [0.1, 0.15) is 43.2 Å². The fraction of sp³-hybridized carbons (Fsp3) is 0.625. The van der Waals surface area contributed by atoms with Crippen LogP contribution >= 0.6 is 0 Å². The lowest BCUT2D eigenvalue weighted by Gasteiger charge is -2.45. The Morgan fingerprint density at radius 2 is 1.82 bits per heavy atom. The first-order valence-electron chi connectivity index (χ1n) is 7.55. The molecule has 6 heteroatoms. The minimum atomic E-state index is -4.46. The molecule has 0 aromatic heterocycles. The largest absolute Gasteiger partial charge is 0.497 e. The predicted octanol–water partition coefficient (Wildman–Crippen LogP) is 3.21. The lowest BCUT2D eigenvalue weighted by atomic mass is 9.73. The summed E-state index contributed by atoms with van der Waals surface area (Å²) in [6.45, 7) is 0. The fourth-order valence-corrected chi connectivity index (χ4v) is 3.72. The lowest BCUT2D eigenvalue weighted by molar-refractivity contribution is -0.138. The van der Waals surface area contributed by atoms with Crippen LogP contribution in [0.5, 0.6) is 5.75 Å². The average Bonchev–Trinajstić information content (AvgIpc) is 2.45. The van der Waals surface area contributed by atoms with Gasteiger partial charge >= 0.3 is 6.18 Å². The van der Waals surface area contributed by atoms with Gasteiger partial charge < -0.3 is 15.2 Å². The van der Waals surface area contributed by atoms with E-state index in [1.807, 2.05) is 0 Å². The molecule has 0 saturated carbocycles. The van der Waals surface area contributed by atoms with E-state index in [1.54, 1.807) is 0 Å². The zero-order valence-corrected chi connectivity index (χ0v) is 12.4. The van der Waals surface area contributed by atoms with Gasteiger partial charge in [0, 0.05) is 12.1 Å². The van der Waals surface area contributed by atoms with Gasteiger partial charge in [-0.25, -0.2) is 0 Å². The molecule has 22 heavy (non-hydrogen) atoms. The van der Waals surface area contributed by atoms with Crippen molar-refractivity contribution in [3.63, 3.8) is 0 Å². The van der Waals surface area contributed by atoms with E-state index < -0.39 is 17.3 Å². The Bertz CT molecular complexity index is 547. The number of fused-ring (bicyclic) bond motifs is 2. The van der Waals surface area contributed by atoms with Crippen LogP contribution in [0.3, 0.4) is 0 Å². The quantitative estimate of drug-likeness (QED) is 0.880. The van der Waals surface area contributed by atoms with E-state index in [0.717, 1.165) is 31.4 Å². The third-order valence-electron chi connectivity index (χ3n) is 4.75. The highest BCUT2D eigenvalue weighted by Crippen LogP contribution is 2.42. The molecule has 2 saturated heterocycles. The summed E-state index contributed by atoms with van der Waals surface area (Å²) in [5, 5.41) is 14.4. The molecule has 2 bridgehead atoms. The minimum absolute atomic E-state index is 0.127. The molecule has 0 amide bonds. The molecule has 122 valence electrons. The Balaban J connectivity index is 1.99. The number of nitrogens with one attached hydrogen (secondary N) is 1. The van der Waals surface area contributed by atoms with E-state index in [0.29, 0.717) is 18.4 Å². The van der Waals surface area contributed by atoms with Crippen molar-refractivity contribution in [2.24, 2.45) is 0 Å². The van der Waals surface area contributed by atoms with Gasteiger partial charge in [0.25, 0.3) is 0 Å². The first-order valence-corrected chi connectivity index (χ1v) is 7.55. The SMILES string of the molecule is COc1cc(C(F)(F)F)cc(C2(O)CC3CCCC(C2)N3)c1. The Hall–Kier alpha value is -1.27. The molecule has 3 nitrogen and oxygen atoms in total. The van der Waals surface area contributed by atoms with Crippen LogP contribution in [0, 0.1) is 0 Å². The van der Waals surface area contributed by atoms with Gasteiger partial charge in [-0.2, -0.15) is 13.2 Å². The number of halogens is 3. The Morgan fingerprint density at radius 3 is 2.36 bits per heavy atom. The van der Waals surface area contributed by atoms with Gasteiger partial charge in [-0.15, -0.1) is 0 Å². The zero-order valence-electron chi connectivity index (χ0n) is 12.4. The Morgan fingerprint density at radius 1 is 1.18 bits per heavy atom. The topological polar surface area (TPSA) is 41.5 Å². The van der Waals surface area contributed by atoms with Crippen molar-refractivity contribution in [1.82, 2.24) is 5.32 Å². The molecule has 2 heterocycles. The second-order valence-electron chi connectivity index (χ2n) is 6.38. The second-order valence-corrected chi connectivity index (χ2v) is 6.38. The van der Waals surface area contributed by atoms with E-state index in [4.69, 9.17) is 4.74 Å². The number of hydrogen-bond acceptors (Lipinski definition) is 3.